The van der Waals surface area contributed by atoms with E-state index in [-0.39, 0.29) is 28.9 Å². The van der Waals surface area contributed by atoms with E-state index in [1.807, 2.05) is 13.8 Å². The van der Waals surface area contributed by atoms with E-state index in [2.05, 4.69) is 5.32 Å². The van der Waals surface area contributed by atoms with E-state index < -0.39 is 9.84 Å². The Morgan fingerprint density at radius 3 is 2.56 bits per heavy atom. The minimum atomic E-state index is -2.99. The number of hydrogen-bond donors (Lipinski definition) is 2. The summed E-state index contributed by atoms with van der Waals surface area (Å²) in [4.78, 5) is 11.8. The molecule has 1 aliphatic heterocycles. The Morgan fingerprint density at radius 1 is 1.50 bits per heavy atom. The maximum absolute atomic E-state index is 11.8. The zero-order valence-corrected chi connectivity index (χ0v) is 10.6. The van der Waals surface area contributed by atoms with Gasteiger partial charge in [0.1, 0.15) is 0 Å². The van der Waals surface area contributed by atoms with Crippen LogP contribution in [0.15, 0.2) is 0 Å². The van der Waals surface area contributed by atoms with E-state index in [0.717, 1.165) is 0 Å². The third-order valence-corrected chi connectivity index (χ3v) is 4.60. The van der Waals surface area contributed by atoms with Gasteiger partial charge < -0.3 is 11.1 Å². The molecule has 5 nitrogen and oxygen atoms in total. The summed E-state index contributed by atoms with van der Waals surface area (Å²) in [5.41, 5.74) is 5.08. The van der Waals surface area contributed by atoms with Crippen LogP contribution < -0.4 is 11.1 Å². The Balaban J connectivity index is 2.54. The Bertz CT molecular complexity index is 362. The second-order valence-electron chi connectivity index (χ2n) is 5.01. The summed E-state index contributed by atoms with van der Waals surface area (Å²) in [5.74, 6) is -0.443. The molecule has 1 heterocycles. The molecule has 94 valence electrons. The minimum Gasteiger partial charge on any atom is -0.351 e. The molecule has 0 aliphatic carbocycles. The Labute approximate surface area is 96.7 Å². The van der Waals surface area contributed by atoms with Crippen LogP contribution in [0.4, 0.5) is 0 Å². The number of nitrogens with one attached hydrogen (secondary N) is 1. The van der Waals surface area contributed by atoms with Gasteiger partial charge in [0.25, 0.3) is 0 Å². The fraction of sp³-hybridized carbons (Fsp3) is 0.900. The highest BCUT2D eigenvalue weighted by Crippen LogP contribution is 2.20. The van der Waals surface area contributed by atoms with E-state index in [1.54, 1.807) is 0 Å². The van der Waals surface area contributed by atoms with Gasteiger partial charge in [0.15, 0.2) is 9.84 Å². The molecule has 1 saturated heterocycles. The molecule has 1 rings (SSSR count). The molecule has 1 amide bonds. The lowest BCUT2D eigenvalue weighted by atomic mass is 9.98. The van der Waals surface area contributed by atoms with Crippen LogP contribution in [0, 0.1) is 5.92 Å². The number of rotatable bonds is 4. The van der Waals surface area contributed by atoms with Crippen LogP contribution in [0.3, 0.4) is 0 Å². The topological polar surface area (TPSA) is 89.3 Å². The molecular formula is C10H20N2O3S. The van der Waals surface area contributed by atoms with Crippen LogP contribution in [0.2, 0.25) is 0 Å². The number of sulfone groups is 1. The van der Waals surface area contributed by atoms with E-state index in [0.29, 0.717) is 19.4 Å². The summed E-state index contributed by atoms with van der Waals surface area (Å²) in [6.07, 6.45) is 1.12. The van der Waals surface area contributed by atoms with Gasteiger partial charge in [-0.2, -0.15) is 0 Å². The van der Waals surface area contributed by atoms with Gasteiger partial charge >= 0.3 is 0 Å². The number of nitrogens with two attached hydrogens (primary N) is 1. The molecule has 0 saturated carbocycles. The molecular weight excluding hydrogens is 228 g/mol. The lowest BCUT2D eigenvalue weighted by molar-refractivity contribution is -0.125. The van der Waals surface area contributed by atoms with Crippen molar-refractivity contribution in [2.45, 2.75) is 32.2 Å². The van der Waals surface area contributed by atoms with Gasteiger partial charge in [-0.05, 0) is 33.2 Å². The average Bonchev–Trinajstić information content (AvgIpc) is 2.45. The zero-order valence-electron chi connectivity index (χ0n) is 9.82. The van der Waals surface area contributed by atoms with Crippen molar-refractivity contribution in [3.05, 3.63) is 0 Å². The fourth-order valence-electron chi connectivity index (χ4n) is 1.86. The van der Waals surface area contributed by atoms with Crippen LogP contribution in [0.1, 0.15) is 26.7 Å². The van der Waals surface area contributed by atoms with Gasteiger partial charge in [-0.15, -0.1) is 0 Å². The van der Waals surface area contributed by atoms with Crippen molar-refractivity contribution < 1.29 is 13.2 Å². The molecule has 6 heteroatoms. The molecule has 1 fully saturated rings. The van der Waals surface area contributed by atoms with E-state index in [9.17, 15) is 13.2 Å². The standard InChI is InChI=1S/C10H20N2O3S/c1-10(2,4-5-11)12-9(13)8-3-6-16(14,15)7-8/h8H,3-7,11H2,1-2H3,(H,12,13). The highest BCUT2D eigenvalue weighted by Gasteiger charge is 2.34. The van der Waals surface area contributed by atoms with Crippen molar-refractivity contribution in [2.75, 3.05) is 18.1 Å². The van der Waals surface area contributed by atoms with Gasteiger partial charge in [-0.3, -0.25) is 4.79 Å². The minimum absolute atomic E-state index is 0.0163. The molecule has 0 bridgehead atoms. The van der Waals surface area contributed by atoms with Crippen LogP contribution in [-0.2, 0) is 14.6 Å². The van der Waals surface area contributed by atoms with Gasteiger partial charge in [-0.25, -0.2) is 8.42 Å². The van der Waals surface area contributed by atoms with Gasteiger partial charge in [0.05, 0.1) is 17.4 Å². The molecule has 16 heavy (non-hydrogen) atoms. The Hall–Kier alpha value is -0.620. The second-order valence-corrected chi connectivity index (χ2v) is 7.24. The summed E-state index contributed by atoms with van der Waals surface area (Å²) >= 11 is 0. The van der Waals surface area contributed by atoms with Gasteiger partial charge in [0.2, 0.25) is 5.91 Å². The summed E-state index contributed by atoms with van der Waals surface area (Å²) in [6.45, 7) is 4.28. The van der Waals surface area contributed by atoms with Crippen molar-refractivity contribution in [1.29, 1.82) is 0 Å². The van der Waals surface area contributed by atoms with Crippen molar-refractivity contribution in [3.8, 4) is 0 Å². The van der Waals surface area contributed by atoms with E-state index in [4.69, 9.17) is 5.73 Å². The van der Waals surface area contributed by atoms with Crippen LogP contribution in [0.5, 0.6) is 0 Å². The summed E-state index contributed by atoms with van der Waals surface area (Å²) in [5, 5.41) is 2.85. The molecule has 0 radical (unpaired) electrons. The summed E-state index contributed by atoms with van der Waals surface area (Å²) < 4.78 is 22.5. The number of carbonyl (C=O) groups excluding carboxylic acids is 1. The quantitative estimate of drug-likeness (QED) is 0.712. The number of amides is 1. The zero-order chi connectivity index (χ0) is 12.4. The monoisotopic (exact) mass is 248 g/mol. The smallest absolute Gasteiger partial charge is 0.224 e. The predicted molar refractivity (Wildman–Crippen MR) is 62.7 cm³/mol. The first kappa shape index (κ1) is 13.4. The van der Waals surface area contributed by atoms with Crippen LogP contribution >= 0.6 is 0 Å². The fourth-order valence-corrected chi connectivity index (χ4v) is 3.60. The molecule has 1 atom stereocenters. The summed E-state index contributed by atoms with van der Waals surface area (Å²) in [7, 11) is -2.99. The first-order chi connectivity index (χ1) is 7.26. The lowest BCUT2D eigenvalue weighted by Crippen LogP contribution is -2.47. The molecule has 0 aromatic carbocycles. The number of hydrogen-bond acceptors (Lipinski definition) is 4. The average molecular weight is 248 g/mol. The van der Waals surface area contributed by atoms with E-state index >= 15 is 0 Å². The molecule has 0 aromatic heterocycles. The summed E-state index contributed by atoms with van der Waals surface area (Å²) in [6, 6.07) is 0. The third kappa shape index (κ3) is 3.75. The maximum Gasteiger partial charge on any atom is 0.224 e. The Morgan fingerprint density at radius 2 is 2.12 bits per heavy atom. The molecule has 0 spiro atoms. The largest absolute Gasteiger partial charge is 0.351 e. The van der Waals surface area contributed by atoms with Gasteiger partial charge in [-0.1, -0.05) is 0 Å². The molecule has 3 N–H and O–H groups in total. The third-order valence-electron chi connectivity index (χ3n) is 2.83. The molecule has 1 unspecified atom stereocenters. The Kier molecular flexibility index (Phi) is 3.96. The van der Waals surface area contributed by atoms with Crippen molar-refractivity contribution in [3.63, 3.8) is 0 Å². The number of carbonyl (C=O) groups is 1. The highest BCUT2D eigenvalue weighted by atomic mass is 32.2. The SMILES string of the molecule is CC(C)(CCN)NC(=O)C1CCS(=O)(=O)C1. The van der Waals surface area contributed by atoms with Crippen molar-refractivity contribution in [2.24, 2.45) is 11.7 Å². The molecule has 1 aliphatic rings. The lowest BCUT2D eigenvalue weighted by Gasteiger charge is -2.27. The second kappa shape index (κ2) is 4.71. The predicted octanol–water partition coefficient (Wildman–Crippen LogP) is -0.335. The molecule has 0 aromatic rings. The van der Waals surface area contributed by atoms with Crippen molar-refractivity contribution >= 4 is 15.7 Å². The van der Waals surface area contributed by atoms with Crippen molar-refractivity contribution in [1.82, 2.24) is 5.32 Å². The highest BCUT2D eigenvalue weighted by molar-refractivity contribution is 7.91. The maximum atomic E-state index is 11.8. The first-order valence-electron chi connectivity index (χ1n) is 5.48. The van der Waals surface area contributed by atoms with Gasteiger partial charge in [0, 0.05) is 5.54 Å². The van der Waals surface area contributed by atoms with E-state index in [1.165, 1.54) is 0 Å². The first-order valence-corrected chi connectivity index (χ1v) is 7.30. The normalized spacial score (nSPS) is 24.3. The van der Waals surface area contributed by atoms with Crippen LogP contribution in [0.25, 0.3) is 0 Å². The van der Waals surface area contributed by atoms with Crippen LogP contribution in [-0.4, -0.2) is 37.9 Å².